The largest absolute Gasteiger partial charge is 0.497 e. The summed E-state index contributed by atoms with van der Waals surface area (Å²) in [6.07, 6.45) is 5.24. The molecule has 2 aromatic carbocycles. The molecule has 4 aromatic rings. The molecule has 0 radical (unpaired) electrons. The van der Waals surface area contributed by atoms with Crippen LogP contribution in [-0.2, 0) is 6.54 Å². The summed E-state index contributed by atoms with van der Waals surface area (Å²) in [7, 11) is 1.65. The normalized spacial score (nSPS) is 11.2. The third-order valence-corrected chi connectivity index (χ3v) is 4.48. The van der Waals surface area contributed by atoms with E-state index in [0.29, 0.717) is 11.3 Å². The molecule has 0 atom stereocenters. The topological polar surface area (TPSA) is 73.0 Å². The van der Waals surface area contributed by atoms with Gasteiger partial charge in [-0.3, -0.25) is 9.78 Å². The molecule has 0 saturated heterocycles. The number of hydrogen-bond acceptors (Lipinski definition) is 5. The summed E-state index contributed by atoms with van der Waals surface area (Å²) < 4.78 is 9.09. The van der Waals surface area contributed by atoms with Gasteiger partial charge in [-0.25, -0.2) is 0 Å². The Labute approximate surface area is 166 Å². The smallest absolute Gasteiger partial charge is 0.216 e. The highest BCUT2D eigenvalue weighted by Crippen LogP contribution is 2.24. The van der Waals surface area contributed by atoms with E-state index in [4.69, 9.17) is 22.1 Å². The molecule has 140 valence electrons. The molecule has 0 amide bonds. The predicted octanol–water partition coefficient (Wildman–Crippen LogP) is 3.74. The summed E-state index contributed by atoms with van der Waals surface area (Å²) in [5.41, 5.74) is 3.86. The molecule has 0 saturated carbocycles. The zero-order valence-corrected chi connectivity index (χ0v) is 16.0. The first-order valence-electron chi connectivity index (χ1n) is 8.65. The lowest BCUT2D eigenvalue weighted by atomic mass is 10.1. The van der Waals surface area contributed by atoms with Crippen molar-refractivity contribution in [3.8, 4) is 17.0 Å². The fourth-order valence-electron chi connectivity index (χ4n) is 2.81. The Balaban J connectivity index is 1.72. The van der Waals surface area contributed by atoms with E-state index < -0.39 is 0 Å². The molecular weight excluding hydrogens is 372 g/mol. The van der Waals surface area contributed by atoms with Crippen molar-refractivity contribution in [2.45, 2.75) is 6.54 Å². The van der Waals surface area contributed by atoms with E-state index in [2.05, 4.69) is 27.4 Å². The highest BCUT2D eigenvalue weighted by atomic mass is 32.1. The average Bonchev–Trinajstić information content (AvgIpc) is 3.33. The lowest BCUT2D eigenvalue weighted by Gasteiger charge is -2.03. The molecule has 0 bridgehead atoms. The van der Waals surface area contributed by atoms with Gasteiger partial charge in [0, 0.05) is 17.3 Å². The second kappa shape index (κ2) is 8.01. The molecule has 0 aliphatic rings. The van der Waals surface area contributed by atoms with Gasteiger partial charge < -0.3 is 4.74 Å². The second-order valence-corrected chi connectivity index (χ2v) is 6.48. The van der Waals surface area contributed by atoms with E-state index >= 15 is 0 Å². The van der Waals surface area contributed by atoms with E-state index in [0.717, 1.165) is 22.6 Å². The van der Waals surface area contributed by atoms with E-state index in [1.807, 2.05) is 53.3 Å². The summed E-state index contributed by atoms with van der Waals surface area (Å²) in [4.78, 5) is 0. The first-order chi connectivity index (χ1) is 13.7. The van der Waals surface area contributed by atoms with Crippen LogP contribution in [-0.4, -0.2) is 38.0 Å². The number of nitrogens with zero attached hydrogens (tertiary/aromatic N) is 5. The number of hydrogen-bond donors (Lipinski definition) is 1. The van der Waals surface area contributed by atoms with Gasteiger partial charge in [0.05, 0.1) is 19.9 Å². The van der Waals surface area contributed by atoms with Crippen molar-refractivity contribution in [3.05, 3.63) is 83.0 Å². The average molecular weight is 390 g/mol. The summed E-state index contributed by atoms with van der Waals surface area (Å²) >= 11 is 5.14. The quantitative estimate of drug-likeness (QED) is 0.402. The lowest BCUT2D eigenvalue weighted by molar-refractivity contribution is 0.415. The number of nitrogens with one attached hydrogen (secondary N) is 1. The molecule has 28 heavy (non-hydrogen) atoms. The summed E-state index contributed by atoms with van der Waals surface area (Å²) in [6.45, 7) is 0.670. The number of aromatic amines is 1. The van der Waals surface area contributed by atoms with Crippen LogP contribution >= 0.6 is 12.2 Å². The highest BCUT2D eigenvalue weighted by Gasteiger charge is 2.11. The van der Waals surface area contributed by atoms with Crippen molar-refractivity contribution >= 4 is 18.4 Å². The number of rotatable bonds is 6. The molecule has 0 unspecified atom stereocenters. The summed E-state index contributed by atoms with van der Waals surface area (Å²) in [5, 5.41) is 15.7. The van der Waals surface area contributed by atoms with E-state index in [9.17, 15) is 0 Å². The zero-order valence-electron chi connectivity index (χ0n) is 15.2. The van der Waals surface area contributed by atoms with Gasteiger partial charge in [0.1, 0.15) is 17.8 Å². The molecule has 2 heterocycles. The standard InChI is InChI=1S/C20H18N6OS/c1-27-18-9-7-16(8-10-18)19-17(11-22-26-14-21-23-20(26)28)13-25(24-19)12-15-5-3-2-4-6-15/h2-11,13-14H,12H2,1H3,(H,23,28)/b22-11-. The first kappa shape index (κ1) is 17.9. The molecule has 0 fully saturated rings. The Bertz CT molecular complexity index is 1140. The van der Waals surface area contributed by atoms with E-state index in [1.54, 1.807) is 13.3 Å². The van der Waals surface area contributed by atoms with E-state index in [1.165, 1.54) is 16.6 Å². The number of methoxy groups -OCH3 is 1. The maximum Gasteiger partial charge on any atom is 0.216 e. The molecule has 0 aliphatic heterocycles. The Kier molecular flexibility index (Phi) is 5.11. The van der Waals surface area contributed by atoms with Crippen LogP contribution in [0.1, 0.15) is 11.1 Å². The van der Waals surface area contributed by atoms with Crippen LogP contribution < -0.4 is 4.74 Å². The van der Waals surface area contributed by atoms with Crippen molar-refractivity contribution in [2.75, 3.05) is 7.11 Å². The fraction of sp³-hybridized carbons (Fsp3) is 0.100. The van der Waals surface area contributed by atoms with Crippen molar-refractivity contribution in [1.82, 2.24) is 24.7 Å². The van der Waals surface area contributed by atoms with Gasteiger partial charge in [0.2, 0.25) is 4.77 Å². The third-order valence-electron chi connectivity index (χ3n) is 4.20. The Hall–Kier alpha value is -3.52. The number of aromatic nitrogens is 5. The minimum absolute atomic E-state index is 0.430. The van der Waals surface area contributed by atoms with Crippen LogP contribution in [0, 0.1) is 4.77 Å². The molecule has 0 aliphatic carbocycles. The van der Waals surface area contributed by atoms with Gasteiger partial charge in [0.25, 0.3) is 0 Å². The van der Waals surface area contributed by atoms with Gasteiger partial charge in [-0.2, -0.15) is 20.0 Å². The van der Waals surface area contributed by atoms with E-state index in [-0.39, 0.29) is 0 Å². The summed E-state index contributed by atoms with van der Waals surface area (Å²) in [5.74, 6) is 0.799. The van der Waals surface area contributed by atoms with Crippen molar-refractivity contribution in [1.29, 1.82) is 0 Å². The second-order valence-electron chi connectivity index (χ2n) is 6.10. The predicted molar refractivity (Wildman–Crippen MR) is 110 cm³/mol. The molecule has 0 spiro atoms. The van der Waals surface area contributed by atoms with Crippen molar-refractivity contribution < 1.29 is 4.74 Å². The number of H-pyrrole nitrogens is 1. The monoisotopic (exact) mass is 390 g/mol. The fourth-order valence-corrected chi connectivity index (χ4v) is 2.95. The highest BCUT2D eigenvalue weighted by molar-refractivity contribution is 7.71. The lowest BCUT2D eigenvalue weighted by Crippen LogP contribution is -2.00. The molecule has 8 heteroatoms. The molecule has 2 aromatic heterocycles. The Morgan fingerprint density at radius 2 is 1.93 bits per heavy atom. The SMILES string of the molecule is COc1ccc(-c2nn(Cc3ccccc3)cc2/C=N\n2cn[nH]c2=S)cc1. The first-order valence-corrected chi connectivity index (χ1v) is 9.06. The van der Waals surface area contributed by atoms with Gasteiger partial charge >= 0.3 is 0 Å². The van der Waals surface area contributed by atoms with Crippen LogP contribution in [0.5, 0.6) is 5.75 Å². The van der Waals surface area contributed by atoms with Gasteiger partial charge in [-0.1, -0.05) is 30.3 Å². The van der Waals surface area contributed by atoms with Crippen LogP contribution in [0.15, 0.2) is 72.2 Å². The summed E-state index contributed by atoms with van der Waals surface area (Å²) in [6, 6.07) is 18.0. The number of ether oxygens (including phenoxy) is 1. The zero-order chi connectivity index (χ0) is 19.3. The van der Waals surface area contributed by atoms with Crippen LogP contribution in [0.4, 0.5) is 0 Å². The maximum atomic E-state index is 5.25. The van der Waals surface area contributed by atoms with Crippen molar-refractivity contribution in [2.24, 2.45) is 5.10 Å². The van der Waals surface area contributed by atoms with Gasteiger partial charge in [-0.15, -0.1) is 0 Å². The number of benzene rings is 2. The minimum Gasteiger partial charge on any atom is -0.497 e. The minimum atomic E-state index is 0.430. The molecule has 4 rings (SSSR count). The third kappa shape index (κ3) is 3.91. The molecule has 1 N–H and O–H groups in total. The van der Waals surface area contributed by atoms with Crippen molar-refractivity contribution in [3.63, 3.8) is 0 Å². The van der Waals surface area contributed by atoms with Crippen LogP contribution in [0.3, 0.4) is 0 Å². The van der Waals surface area contributed by atoms with Gasteiger partial charge in [0.15, 0.2) is 0 Å². The van der Waals surface area contributed by atoms with Crippen LogP contribution in [0.2, 0.25) is 0 Å². The Morgan fingerprint density at radius 1 is 1.14 bits per heavy atom. The molecular formula is C20H18N6OS. The maximum absolute atomic E-state index is 5.25. The molecule has 7 nitrogen and oxygen atoms in total. The van der Waals surface area contributed by atoms with Gasteiger partial charge in [-0.05, 0) is 42.0 Å². The Morgan fingerprint density at radius 3 is 2.61 bits per heavy atom. The van der Waals surface area contributed by atoms with Crippen LogP contribution in [0.25, 0.3) is 11.3 Å².